The van der Waals surface area contributed by atoms with Crippen LogP contribution in [0.3, 0.4) is 0 Å². The summed E-state index contributed by atoms with van der Waals surface area (Å²) in [5, 5.41) is 13.1. The number of urea groups is 1. The number of amides is 3. The molecule has 2 aromatic carbocycles. The number of pyridine rings is 1. The van der Waals surface area contributed by atoms with Crippen molar-refractivity contribution in [2.45, 2.75) is 0 Å². The Bertz CT molecular complexity index is 1680. The third kappa shape index (κ3) is 8.10. The summed E-state index contributed by atoms with van der Waals surface area (Å²) < 4.78 is 10.3. The van der Waals surface area contributed by atoms with Gasteiger partial charge in [0.1, 0.15) is 38.8 Å². The van der Waals surface area contributed by atoms with Crippen molar-refractivity contribution in [3.63, 3.8) is 0 Å². The first kappa shape index (κ1) is 28.7. The largest absolute Gasteiger partial charge is 0.497 e. The van der Waals surface area contributed by atoms with Crippen LogP contribution in [0.5, 0.6) is 11.5 Å². The van der Waals surface area contributed by atoms with Gasteiger partial charge < -0.3 is 9.47 Å². The third-order valence-electron chi connectivity index (χ3n) is 5.14. The van der Waals surface area contributed by atoms with Crippen molar-refractivity contribution < 1.29 is 19.1 Å². The summed E-state index contributed by atoms with van der Waals surface area (Å²) in [5.74, 6) is 1.77. The van der Waals surface area contributed by atoms with E-state index in [1.165, 1.54) is 22.7 Å². The molecule has 206 valence electrons. The highest BCUT2D eigenvalue weighted by molar-refractivity contribution is 7.13. The molecule has 3 aromatic heterocycles. The van der Waals surface area contributed by atoms with E-state index < -0.39 is 5.91 Å². The van der Waals surface area contributed by atoms with E-state index in [9.17, 15) is 9.59 Å². The highest BCUT2D eigenvalue weighted by Crippen LogP contribution is 2.29. The third-order valence-corrected chi connectivity index (χ3v) is 6.93. The van der Waals surface area contributed by atoms with Gasteiger partial charge in [-0.25, -0.2) is 19.7 Å². The first-order valence-corrected chi connectivity index (χ1v) is 13.5. The van der Waals surface area contributed by atoms with Crippen LogP contribution < -0.4 is 20.1 Å². The van der Waals surface area contributed by atoms with Gasteiger partial charge in [0.15, 0.2) is 0 Å². The Morgan fingerprint density at radius 1 is 0.829 bits per heavy atom. The van der Waals surface area contributed by atoms with Crippen molar-refractivity contribution in [1.29, 1.82) is 0 Å². The molecule has 0 radical (unpaired) electrons. The summed E-state index contributed by atoms with van der Waals surface area (Å²) in [4.78, 5) is 38.2. The average molecular weight is 587 g/mol. The maximum absolute atomic E-state index is 11.9. The SMILES string of the molecule is COc1cccc(-c2nc(C(=O)N=[N+]=[N-])cs2)c1.COc1cccc(-c2nc(NC(=O)Nc3ccccn3)cs2)c1. The fourth-order valence-electron chi connectivity index (χ4n) is 3.27. The van der Waals surface area contributed by atoms with Gasteiger partial charge >= 0.3 is 6.03 Å². The summed E-state index contributed by atoms with van der Waals surface area (Å²) in [6, 6.07) is 19.9. The highest BCUT2D eigenvalue weighted by Gasteiger charge is 2.11. The minimum absolute atomic E-state index is 0.149. The molecule has 41 heavy (non-hydrogen) atoms. The Labute approximate surface area is 242 Å². The molecule has 0 atom stereocenters. The van der Waals surface area contributed by atoms with E-state index in [0.29, 0.717) is 22.4 Å². The minimum Gasteiger partial charge on any atom is -0.497 e. The minimum atomic E-state index is -0.678. The molecule has 0 aliphatic carbocycles. The number of methoxy groups -OCH3 is 2. The maximum Gasteiger partial charge on any atom is 0.326 e. The van der Waals surface area contributed by atoms with Crippen LogP contribution >= 0.6 is 22.7 Å². The second-order valence-electron chi connectivity index (χ2n) is 7.83. The van der Waals surface area contributed by atoms with Gasteiger partial charge in [0.05, 0.1) is 14.2 Å². The van der Waals surface area contributed by atoms with Crippen LogP contribution in [0, 0.1) is 0 Å². The monoisotopic (exact) mass is 586 g/mol. The van der Waals surface area contributed by atoms with Gasteiger partial charge in [-0.05, 0) is 47.0 Å². The Kier molecular flexibility index (Phi) is 9.93. The van der Waals surface area contributed by atoms with E-state index in [4.69, 9.17) is 15.0 Å². The lowest BCUT2D eigenvalue weighted by molar-refractivity contribution is 0.0996. The number of anilines is 2. The second-order valence-corrected chi connectivity index (χ2v) is 9.54. The Morgan fingerprint density at radius 3 is 2.07 bits per heavy atom. The molecule has 2 N–H and O–H groups in total. The summed E-state index contributed by atoms with van der Waals surface area (Å²) >= 11 is 2.75. The Hall–Kier alpha value is -5.30. The van der Waals surface area contributed by atoms with Crippen LogP contribution in [0.2, 0.25) is 0 Å². The molecule has 0 spiro atoms. The molecule has 0 aliphatic heterocycles. The number of hydrogen-bond acceptors (Lipinski definition) is 9. The predicted molar refractivity (Wildman–Crippen MR) is 159 cm³/mol. The van der Waals surface area contributed by atoms with Crippen LogP contribution in [0.4, 0.5) is 16.4 Å². The maximum atomic E-state index is 11.9. The number of azide groups is 1. The van der Waals surface area contributed by atoms with Gasteiger partial charge in [0.2, 0.25) is 0 Å². The molecule has 12 nitrogen and oxygen atoms in total. The van der Waals surface area contributed by atoms with Gasteiger partial charge in [-0.15, -0.1) is 22.7 Å². The van der Waals surface area contributed by atoms with E-state index in [1.807, 2.05) is 48.5 Å². The molecular weight excluding hydrogens is 564 g/mol. The number of carbonyl (C=O) groups excluding carboxylic acids is 2. The number of benzene rings is 2. The van der Waals surface area contributed by atoms with Crippen LogP contribution in [0.25, 0.3) is 31.6 Å². The first-order chi connectivity index (χ1) is 20.0. The van der Waals surface area contributed by atoms with Gasteiger partial charge in [0, 0.05) is 33.0 Å². The zero-order valence-electron chi connectivity index (χ0n) is 21.7. The molecule has 0 aliphatic rings. The number of hydrogen-bond donors (Lipinski definition) is 2. The van der Waals surface area contributed by atoms with Crippen LogP contribution in [0.15, 0.2) is 88.8 Å². The van der Waals surface area contributed by atoms with Crippen molar-refractivity contribution >= 4 is 46.2 Å². The molecule has 0 saturated heterocycles. The van der Waals surface area contributed by atoms with Crippen molar-refractivity contribution in [2.24, 2.45) is 5.11 Å². The average Bonchev–Trinajstić information content (AvgIpc) is 3.69. The standard InChI is InChI=1S/C16H14N4O2S.C11H8N4O2S/c1-22-12-6-4-5-11(9-12)15-18-14(10-23-15)20-16(21)19-13-7-2-3-8-17-13;1-17-8-4-2-3-7(5-8)11-13-9(6-18-11)10(16)14-15-12/h2-10H,1H3,(H2,17,19,20,21);2-6H,1H3. The molecular formula is C27H22N8O4S2. The predicted octanol–water partition coefficient (Wildman–Crippen LogP) is 7.13. The van der Waals surface area contributed by atoms with Crippen LogP contribution in [0.1, 0.15) is 10.5 Å². The molecule has 0 fully saturated rings. The number of nitrogens with zero attached hydrogens (tertiary/aromatic N) is 6. The van der Waals surface area contributed by atoms with Crippen molar-refractivity contribution in [1.82, 2.24) is 15.0 Å². The number of nitrogens with one attached hydrogen (secondary N) is 2. The molecule has 3 amide bonds. The number of thiazole rings is 2. The van der Waals surface area contributed by atoms with Gasteiger partial charge in [-0.3, -0.25) is 15.4 Å². The lowest BCUT2D eigenvalue weighted by Gasteiger charge is -2.04. The number of ether oxygens (including phenoxy) is 2. The molecule has 5 aromatic rings. The van der Waals surface area contributed by atoms with E-state index in [1.54, 1.807) is 49.4 Å². The van der Waals surface area contributed by atoms with Crippen LogP contribution in [-0.4, -0.2) is 41.1 Å². The smallest absolute Gasteiger partial charge is 0.326 e. The van der Waals surface area contributed by atoms with Gasteiger partial charge in [-0.2, -0.15) is 0 Å². The lowest BCUT2D eigenvalue weighted by atomic mass is 10.2. The van der Waals surface area contributed by atoms with E-state index in [2.05, 4.69) is 35.6 Å². The molecule has 0 bridgehead atoms. The summed E-state index contributed by atoms with van der Waals surface area (Å²) in [7, 11) is 3.20. The molecule has 0 unspecified atom stereocenters. The highest BCUT2D eigenvalue weighted by atomic mass is 32.1. The van der Waals surface area contributed by atoms with E-state index in [-0.39, 0.29) is 11.7 Å². The first-order valence-electron chi connectivity index (χ1n) is 11.8. The fraction of sp³-hybridized carbons (Fsp3) is 0.0741. The molecule has 3 heterocycles. The van der Waals surface area contributed by atoms with Gasteiger partial charge in [0.25, 0.3) is 5.91 Å². The zero-order chi connectivity index (χ0) is 29.0. The topological polar surface area (TPSA) is 164 Å². The normalized spacial score (nSPS) is 9.90. The zero-order valence-corrected chi connectivity index (χ0v) is 23.3. The number of carbonyl (C=O) groups is 2. The second kappa shape index (κ2) is 14.2. The molecule has 5 rings (SSSR count). The quantitative estimate of drug-likeness (QED) is 0.116. The van der Waals surface area contributed by atoms with E-state index in [0.717, 1.165) is 21.9 Å². The molecule has 0 saturated carbocycles. The molecule has 14 heteroatoms. The summed E-state index contributed by atoms with van der Waals surface area (Å²) in [6.07, 6.45) is 1.61. The van der Waals surface area contributed by atoms with Gasteiger partial charge in [-0.1, -0.05) is 30.3 Å². The van der Waals surface area contributed by atoms with Crippen molar-refractivity contribution in [2.75, 3.05) is 24.9 Å². The fourth-order valence-corrected chi connectivity index (χ4v) is 4.81. The number of aromatic nitrogens is 3. The Morgan fingerprint density at radius 2 is 1.46 bits per heavy atom. The Balaban J connectivity index is 0.000000195. The lowest BCUT2D eigenvalue weighted by Crippen LogP contribution is -2.20. The van der Waals surface area contributed by atoms with Crippen molar-refractivity contribution in [3.05, 3.63) is 99.8 Å². The van der Waals surface area contributed by atoms with E-state index >= 15 is 0 Å². The van der Waals surface area contributed by atoms with Crippen LogP contribution in [-0.2, 0) is 0 Å². The van der Waals surface area contributed by atoms with Crippen molar-refractivity contribution in [3.8, 4) is 32.6 Å². The number of rotatable bonds is 7. The summed E-state index contributed by atoms with van der Waals surface area (Å²) in [5.41, 5.74) is 10.1. The summed E-state index contributed by atoms with van der Waals surface area (Å²) in [6.45, 7) is 0.